The Labute approximate surface area is 119 Å². The van der Waals surface area contributed by atoms with Crippen LogP contribution < -0.4 is 16.0 Å². The molecule has 0 radical (unpaired) electrons. The first-order valence-corrected chi connectivity index (χ1v) is 7.01. The topological polar surface area (TPSA) is 80.5 Å². The summed E-state index contributed by atoms with van der Waals surface area (Å²) in [5.74, 6) is 0.629. The number of hydrogen-bond donors (Lipinski definition) is 2. The van der Waals surface area contributed by atoms with Gasteiger partial charge in [0.1, 0.15) is 12.4 Å². The second-order valence-electron chi connectivity index (χ2n) is 4.92. The Morgan fingerprint density at radius 3 is 2.90 bits per heavy atom. The molecule has 1 aliphatic heterocycles. The first-order chi connectivity index (χ1) is 9.75. The summed E-state index contributed by atoms with van der Waals surface area (Å²) in [5, 5.41) is 3.44. The molecule has 1 amide bonds. The summed E-state index contributed by atoms with van der Waals surface area (Å²) in [6.07, 6.45) is 4.01. The maximum atomic E-state index is 10.5. The monoisotopic (exact) mass is 278 g/mol. The fourth-order valence-electron chi connectivity index (χ4n) is 2.36. The summed E-state index contributed by atoms with van der Waals surface area (Å²) < 4.78 is 5.12. The maximum absolute atomic E-state index is 10.5. The van der Waals surface area contributed by atoms with E-state index >= 15 is 0 Å². The minimum atomic E-state index is -0.423. The van der Waals surface area contributed by atoms with Crippen LogP contribution in [0.15, 0.2) is 24.4 Å². The molecule has 0 aromatic carbocycles. The molecule has 20 heavy (non-hydrogen) atoms. The van der Waals surface area contributed by atoms with Gasteiger partial charge in [0.2, 0.25) is 5.91 Å². The zero-order chi connectivity index (χ0) is 14.2. The summed E-state index contributed by atoms with van der Waals surface area (Å²) in [6, 6.07) is 6.50. The number of carbonyl (C=O) groups is 1. The van der Waals surface area contributed by atoms with Crippen molar-refractivity contribution in [2.75, 3.05) is 37.7 Å². The summed E-state index contributed by atoms with van der Waals surface area (Å²) >= 11 is 0. The number of pyridine rings is 1. The predicted molar refractivity (Wildman–Crippen MR) is 77.5 cm³/mol. The number of rotatable bonds is 7. The van der Waals surface area contributed by atoms with Gasteiger partial charge < -0.3 is 20.7 Å². The molecule has 6 heteroatoms. The standard InChI is InChI=1S/C14H22N4O2/c15-13(19)11-20-10-7-16-12-4-8-18(9-5-12)14-3-1-2-6-17-14/h1-3,6,12,16H,4-5,7-11H2,(H2,15,19). The Morgan fingerprint density at radius 1 is 1.45 bits per heavy atom. The molecule has 1 saturated heterocycles. The van der Waals surface area contributed by atoms with Gasteiger partial charge in [-0.1, -0.05) is 6.07 Å². The van der Waals surface area contributed by atoms with Crippen LogP contribution in [0, 0.1) is 0 Å². The fraction of sp³-hybridized carbons (Fsp3) is 0.571. The van der Waals surface area contributed by atoms with Crippen LogP contribution in [-0.2, 0) is 9.53 Å². The van der Waals surface area contributed by atoms with Gasteiger partial charge in [0.15, 0.2) is 0 Å². The molecule has 0 spiro atoms. The molecule has 0 atom stereocenters. The lowest BCUT2D eigenvalue weighted by Crippen LogP contribution is -2.43. The van der Waals surface area contributed by atoms with Crippen LogP contribution in [0.25, 0.3) is 0 Å². The van der Waals surface area contributed by atoms with E-state index in [0.717, 1.165) is 38.3 Å². The Hall–Kier alpha value is -1.66. The Bertz CT molecular complexity index is 405. The van der Waals surface area contributed by atoms with E-state index in [1.807, 2.05) is 24.4 Å². The molecule has 1 fully saturated rings. The number of nitrogens with one attached hydrogen (secondary N) is 1. The highest BCUT2D eigenvalue weighted by molar-refractivity contribution is 5.74. The van der Waals surface area contributed by atoms with Gasteiger partial charge in [-0.3, -0.25) is 4.79 Å². The van der Waals surface area contributed by atoms with Crippen molar-refractivity contribution in [3.05, 3.63) is 24.4 Å². The Morgan fingerprint density at radius 2 is 2.25 bits per heavy atom. The van der Waals surface area contributed by atoms with Crippen molar-refractivity contribution in [2.45, 2.75) is 18.9 Å². The number of piperidine rings is 1. The van der Waals surface area contributed by atoms with Crippen LogP contribution in [0.3, 0.4) is 0 Å². The largest absolute Gasteiger partial charge is 0.370 e. The third-order valence-corrected chi connectivity index (χ3v) is 3.39. The average Bonchev–Trinajstić information content (AvgIpc) is 2.48. The highest BCUT2D eigenvalue weighted by Crippen LogP contribution is 2.16. The number of amides is 1. The van der Waals surface area contributed by atoms with E-state index in [1.54, 1.807) is 0 Å². The maximum Gasteiger partial charge on any atom is 0.243 e. The van der Waals surface area contributed by atoms with E-state index in [9.17, 15) is 4.79 Å². The minimum absolute atomic E-state index is 0.000197. The molecule has 6 nitrogen and oxygen atoms in total. The van der Waals surface area contributed by atoms with E-state index in [4.69, 9.17) is 10.5 Å². The number of nitrogens with two attached hydrogens (primary N) is 1. The van der Waals surface area contributed by atoms with Crippen LogP contribution in [0.5, 0.6) is 0 Å². The number of hydrogen-bond acceptors (Lipinski definition) is 5. The predicted octanol–water partition coefficient (Wildman–Crippen LogP) is 0.142. The second kappa shape index (κ2) is 7.81. The van der Waals surface area contributed by atoms with Gasteiger partial charge in [-0.05, 0) is 25.0 Å². The SMILES string of the molecule is NC(=O)COCCNC1CCN(c2ccccn2)CC1. The third kappa shape index (κ3) is 4.79. The van der Waals surface area contributed by atoms with Gasteiger partial charge in [-0.25, -0.2) is 4.98 Å². The van der Waals surface area contributed by atoms with Crippen LogP contribution in [0.2, 0.25) is 0 Å². The molecule has 0 bridgehead atoms. The Balaban J connectivity index is 1.61. The van der Waals surface area contributed by atoms with Crippen LogP contribution in [0.4, 0.5) is 5.82 Å². The minimum Gasteiger partial charge on any atom is -0.370 e. The van der Waals surface area contributed by atoms with Gasteiger partial charge in [-0.2, -0.15) is 0 Å². The molecular weight excluding hydrogens is 256 g/mol. The van der Waals surface area contributed by atoms with Crippen molar-refractivity contribution in [1.29, 1.82) is 0 Å². The molecule has 110 valence electrons. The second-order valence-corrected chi connectivity index (χ2v) is 4.92. The zero-order valence-electron chi connectivity index (χ0n) is 11.6. The molecule has 3 N–H and O–H groups in total. The van der Waals surface area contributed by atoms with E-state index in [0.29, 0.717) is 12.6 Å². The van der Waals surface area contributed by atoms with Crippen LogP contribution >= 0.6 is 0 Å². The quantitative estimate of drug-likeness (QED) is 0.694. The molecule has 0 saturated carbocycles. The summed E-state index contributed by atoms with van der Waals surface area (Å²) in [6.45, 7) is 3.29. The lowest BCUT2D eigenvalue weighted by molar-refractivity contribution is -0.122. The van der Waals surface area contributed by atoms with Crippen molar-refractivity contribution in [1.82, 2.24) is 10.3 Å². The zero-order valence-corrected chi connectivity index (χ0v) is 11.6. The molecule has 0 aliphatic carbocycles. The summed E-state index contributed by atoms with van der Waals surface area (Å²) in [5.41, 5.74) is 4.99. The number of carbonyl (C=O) groups excluding carboxylic acids is 1. The first-order valence-electron chi connectivity index (χ1n) is 7.01. The van der Waals surface area contributed by atoms with Crippen molar-refractivity contribution in [2.24, 2.45) is 5.73 Å². The third-order valence-electron chi connectivity index (χ3n) is 3.39. The highest BCUT2D eigenvalue weighted by Gasteiger charge is 2.19. The van der Waals surface area contributed by atoms with Crippen molar-refractivity contribution in [3.63, 3.8) is 0 Å². The number of aromatic nitrogens is 1. The fourth-order valence-corrected chi connectivity index (χ4v) is 2.36. The number of primary amides is 1. The molecule has 1 aromatic rings. The number of ether oxygens (including phenoxy) is 1. The molecular formula is C14H22N4O2. The van der Waals surface area contributed by atoms with Gasteiger partial charge >= 0.3 is 0 Å². The van der Waals surface area contributed by atoms with Gasteiger partial charge in [0, 0.05) is 31.9 Å². The summed E-state index contributed by atoms with van der Waals surface area (Å²) in [7, 11) is 0. The number of anilines is 1. The van der Waals surface area contributed by atoms with Crippen molar-refractivity contribution >= 4 is 11.7 Å². The first kappa shape index (κ1) is 14.7. The van der Waals surface area contributed by atoms with Crippen LogP contribution in [-0.4, -0.2) is 49.8 Å². The number of nitrogens with zero attached hydrogens (tertiary/aromatic N) is 2. The molecule has 2 rings (SSSR count). The van der Waals surface area contributed by atoms with Gasteiger partial charge in [0.05, 0.1) is 6.61 Å². The van der Waals surface area contributed by atoms with Crippen molar-refractivity contribution in [3.8, 4) is 0 Å². The Kier molecular flexibility index (Phi) is 5.76. The van der Waals surface area contributed by atoms with E-state index in [-0.39, 0.29) is 6.61 Å². The molecule has 2 heterocycles. The van der Waals surface area contributed by atoms with Crippen LogP contribution in [0.1, 0.15) is 12.8 Å². The van der Waals surface area contributed by atoms with E-state index < -0.39 is 5.91 Å². The summed E-state index contributed by atoms with van der Waals surface area (Å²) in [4.78, 5) is 17.2. The van der Waals surface area contributed by atoms with Gasteiger partial charge in [-0.15, -0.1) is 0 Å². The lowest BCUT2D eigenvalue weighted by Gasteiger charge is -2.33. The average molecular weight is 278 g/mol. The van der Waals surface area contributed by atoms with Gasteiger partial charge in [0.25, 0.3) is 0 Å². The smallest absolute Gasteiger partial charge is 0.243 e. The van der Waals surface area contributed by atoms with E-state index in [2.05, 4.69) is 15.2 Å². The van der Waals surface area contributed by atoms with E-state index in [1.165, 1.54) is 0 Å². The molecule has 1 aliphatic rings. The molecule has 0 unspecified atom stereocenters. The molecule has 1 aromatic heterocycles. The normalized spacial score (nSPS) is 16.3. The van der Waals surface area contributed by atoms with Crippen molar-refractivity contribution < 1.29 is 9.53 Å². The highest BCUT2D eigenvalue weighted by atomic mass is 16.5. The lowest BCUT2D eigenvalue weighted by atomic mass is 10.1.